The third-order valence-corrected chi connectivity index (χ3v) is 3.46. The molecule has 1 N–H and O–H groups in total. The zero-order valence-electron chi connectivity index (χ0n) is 13.3. The van der Waals surface area contributed by atoms with E-state index in [0.29, 0.717) is 17.7 Å². The standard InChI is InChI=1S/C17H17FN2O4/c1-3-15(24-16-7-5-4-6-13(16)18)17(21)19-14-10-12(20(22)23)9-8-11(14)2/h4-10,15H,3H2,1-2H3,(H,19,21)/t15-/m0/s1. The maximum atomic E-state index is 13.7. The van der Waals surface area contributed by atoms with E-state index in [1.165, 1.54) is 30.3 Å². The smallest absolute Gasteiger partial charge is 0.271 e. The minimum atomic E-state index is -0.916. The minimum absolute atomic E-state index is 0.0183. The van der Waals surface area contributed by atoms with Crippen LogP contribution in [0.3, 0.4) is 0 Å². The van der Waals surface area contributed by atoms with Crippen LogP contribution in [0.4, 0.5) is 15.8 Å². The number of halogens is 1. The fourth-order valence-corrected chi connectivity index (χ4v) is 2.09. The number of nitro benzene ring substituents is 1. The summed E-state index contributed by atoms with van der Waals surface area (Å²) in [7, 11) is 0. The topological polar surface area (TPSA) is 81.5 Å². The van der Waals surface area contributed by atoms with Crippen LogP contribution in [0.15, 0.2) is 42.5 Å². The van der Waals surface area contributed by atoms with Crippen LogP contribution < -0.4 is 10.1 Å². The van der Waals surface area contributed by atoms with Gasteiger partial charge in [-0.25, -0.2) is 4.39 Å². The van der Waals surface area contributed by atoms with Gasteiger partial charge in [-0.05, 0) is 31.0 Å². The van der Waals surface area contributed by atoms with Crippen LogP contribution in [0.1, 0.15) is 18.9 Å². The van der Waals surface area contributed by atoms with Crippen LogP contribution in [0.5, 0.6) is 5.75 Å². The molecule has 7 heteroatoms. The van der Waals surface area contributed by atoms with Crippen molar-refractivity contribution in [2.24, 2.45) is 0 Å². The molecular formula is C17H17FN2O4. The van der Waals surface area contributed by atoms with E-state index in [2.05, 4.69) is 5.32 Å². The molecule has 0 bridgehead atoms. The summed E-state index contributed by atoms with van der Waals surface area (Å²) in [5.41, 5.74) is 0.874. The molecule has 126 valence electrons. The molecule has 0 unspecified atom stereocenters. The third kappa shape index (κ3) is 4.07. The van der Waals surface area contributed by atoms with Gasteiger partial charge in [0.25, 0.3) is 11.6 Å². The lowest BCUT2D eigenvalue weighted by atomic mass is 10.1. The molecule has 6 nitrogen and oxygen atoms in total. The predicted molar refractivity (Wildman–Crippen MR) is 87.6 cm³/mol. The van der Waals surface area contributed by atoms with Crippen LogP contribution in [-0.4, -0.2) is 16.9 Å². The van der Waals surface area contributed by atoms with Crippen molar-refractivity contribution in [1.29, 1.82) is 0 Å². The number of nitro groups is 1. The number of ether oxygens (including phenoxy) is 1. The number of nitrogens with zero attached hydrogens (tertiary/aromatic N) is 1. The Bertz CT molecular complexity index is 764. The lowest BCUT2D eigenvalue weighted by Crippen LogP contribution is -2.32. The van der Waals surface area contributed by atoms with Crippen molar-refractivity contribution in [3.63, 3.8) is 0 Å². The molecule has 1 atom stereocenters. The first kappa shape index (κ1) is 17.4. The second-order valence-electron chi connectivity index (χ2n) is 5.19. The van der Waals surface area contributed by atoms with Gasteiger partial charge in [0.15, 0.2) is 17.7 Å². The fourth-order valence-electron chi connectivity index (χ4n) is 2.09. The normalized spacial score (nSPS) is 11.6. The van der Waals surface area contributed by atoms with E-state index in [1.54, 1.807) is 26.0 Å². The zero-order chi connectivity index (χ0) is 17.7. The maximum Gasteiger partial charge on any atom is 0.271 e. The highest BCUT2D eigenvalue weighted by molar-refractivity contribution is 5.95. The molecule has 0 saturated carbocycles. The van der Waals surface area contributed by atoms with Crippen LogP contribution in [0, 0.1) is 22.9 Å². The summed E-state index contributed by atoms with van der Waals surface area (Å²) >= 11 is 0. The number of nitrogens with one attached hydrogen (secondary N) is 1. The molecule has 0 aliphatic rings. The van der Waals surface area contributed by atoms with Gasteiger partial charge in [-0.1, -0.05) is 25.1 Å². The number of benzene rings is 2. The quantitative estimate of drug-likeness (QED) is 0.644. The molecular weight excluding hydrogens is 315 g/mol. The fraction of sp³-hybridized carbons (Fsp3) is 0.235. The zero-order valence-corrected chi connectivity index (χ0v) is 13.3. The number of rotatable bonds is 6. The van der Waals surface area contributed by atoms with Gasteiger partial charge in [0, 0.05) is 12.1 Å². The average Bonchev–Trinajstić information content (AvgIpc) is 2.55. The second kappa shape index (κ2) is 7.54. The second-order valence-corrected chi connectivity index (χ2v) is 5.19. The molecule has 1 amide bonds. The molecule has 0 fully saturated rings. The summed E-state index contributed by atoms with van der Waals surface area (Å²) in [5.74, 6) is -1.07. The highest BCUT2D eigenvalue weighted by Gasteiger charge is 2.21. The van der Waals surface area contributed by atoms with Gasteiger partial charge < -0.3 is 10.1 Å². The van der Waals surface area contributed by atoms with Gasteiger partial charge in [0.1, 0.15) is 0 Å². The van der Waals surface area contributed by atoms with E-state index < -0.39 is 22.8 Å². The molecule has 2 aromatic rings. The summed E-state index contributed by atoms with van der Waals surface area (Å²) in [6, 6.07) is 9.99. The van der Waals surface area contributed by atoms with Gasteiger partial charge >= 0.3 is 0 Å². The Hall–Kier alpha value is -2.96. The SMILES string of the molecule is CC[C@H](Oc1ccccc1F)C(=O)Nc1cc([N+](=O)[O-])ccc1C. The average molecular weight is 332 g/mol. The number of para-hydroxylation sites is 1. The van der Waals surface area contributed by atoms with Gasteiger partial charge in [-0.2, -0.15) is 0 Å². The van der Waals surface area contributed by atoms with Crippen molar-refractivity contribution in [3.05, 3.63) is 64.0 Å². The Morgan fingerprint density at radius 2 is 2.04 bits per heavy atom. The lowest BCUT2D eigenvalue weighted by Gasteiger charge is -2.18. The molecule has 2 rings (SSSR count). The van der Waals surface area contributed by atoms with Crippen molar-refractivity contribution in [1.82, 2.24) is 0 Å². The molecule has 0 spiro atoms. The number of hydrogen-bond acceptors (Lipinski definition) is 4. The number of amides is 1. The monoisotopic (exact) mass is 332 g/mol. The Kier molecular flexibility index (Phi) is 5.47. The molecule has 0 radical (unpaired) electrons. The first-order valence-electron chi connectivity index (χ1n) is 7.39. The summed E-state index contributed by atoms with van der Waals surface area (Å²) < 4.78 is 19.1. The number of non-ortho nitro benzene ring substituents is 1. The lowest BCUT2D eigenvalue weighted by molar-refractivity contribution is -0.384. The van der Waals surface area contributed by atoms with Crippen molar-refractivity contribution in [2.45, 2.75) is 26.4 Å². The first-order chi connectivity index (χ1) is 11.4. The van der Waals surface area contributed by atoms with E-state index >= 15 is 0 Å². The summed E-state index contributed by atoms with van der Waals surface area (Å²) in [4.78, 5) is 22.7. The number of anilines is 1. The van der Waals surface area contributed by atoms with Crippen molar-refractivity contribution < 1.29 is 18.8 Å². The van der Waals surface area contributed by atoms with E-state index in [1.807, 2.05) is 0 Å². The maximum absolute atomic E-state index is 13.7. The summed E-state index contributed by atoms with van der Waals surface area (Å²) in [6.45, 7) is 3.45. The largest absolute Gasteiger partial charge is 0.478 e. The van der Waals surface area contributed by atoms with E-state index in [-0.39, 0.29) is 11.4 Å². The van der Waals surface area contributed by atoms with Crippen LogP contribution in [0.2, 0.25) is 0 Å². The van der Waals surface area contributed by atoms with Crippen molar-refractivity contribution in [2.75, 3.05) is 5.32 Å². The summed E-state index contributed by atoms with van der Waals surface area (Å²) in [5, 5.41) is 13.5. The van der Waals surface area contributed by atoms with Crippen LogP contribution in [0.25, 0.3) is 0 Å². The van der Waals surface area contributed by atoms with Crippen LogP contribution in [-0.2, 0) is 4.79 Å². The number of aryl methyl sites for hydroxylation is 1. The molecule has 0 aliphatic heterocycles. The predicted octanol–water partition coefficient (Wildman–Crippen LogP) is 3.84. The Morgan fingerprint density at radius 3 is 2.67 bits per heavy atom. The minimum Gasteiger partial charge on any atom is -0.478 e. The van der Waals surface area contributed by atoms with E-state index in [9.17, 15) is 19.3 Å². The molecule has 0 aliphatic carbocycles. The molecule has 0 saturated heterocycles. The highest BCUT2D eigenvalue weighted by atomic mass is 19.1. The molecule has 2 aromatic carbocycles. The first-order valence-corrected chi connectivity index (χ1v) is 7.39. The third-order valence-electron chi connectivity index (χ3n) is 3.46. The van der Waals surface area contributed by atoms with Crippen molar-refractivity contribution in [3.8, 4) is 5.75 Å². The molecule has 0 aromatic heterocycles. The Balaban J connectivity index is 2.16. The van der Waals surface area contributed by atoms with E-state index in [4.69, 9.17) is 4.74 Å². The van der Waals surface area contributed by atoms with Crippen LogP contribution >= 0.6 is 0 Å². The van der Waals surface area contributed by atoms with E-state index in [0.717, 1.165) is 0 Å². The van der Waals surface area contributed by atoms with Crippen molar-refractivity contribution >= 4 is 17.3 Å². The summed E-state index contributed by atoms with van der Waals surface area (Å²) in [6.07, 6.45) is -0.603. The van der Waals surface area contributed by atoms with Gasteiger partial charge in [-0.3, -0.25) is 14.9 Å². The number of carbonyl (C=O) groups is 1. The van der Waals surface area contributed by atoms with Gasteiger partial charge in [-0.15, -0.1) is 0 Å². The Labute approximate surface area is 138 Å². The molecule has 24 heavy (non-hydrogen) atoms. The number of carbonyl (C=O) groups excluding carboxylic acids is 1. The molecule has 0 heterocycles. The number of hydrogen-bond donors (Lipinski definition) is 1. The van der Waals surface area contributed by atoms with Gasteiger partial charge in [0.2, 0.25) is 0 Å². The Morgan fingerprint density at radius 1 is 1.33 bits per heavy atom. The highest BCUT2D eigenvalue weighted by Crippen LogP contribution is 2.23. The van der Waals surface area contributed by atoms with Gasteiger partial charge in [0.05, 0.1) is 10.6 Å².